The number of imidazole rings is 1. The molecule has 4 heteroatoms. The number of halogens is 1. The Hall–Kier alpha value is -1.68. The fraction of sp³-hybridized carbons (Fsp3) is 0.400. The molecule has 3 nitrogen and oxygen atoms in total. The Balaban J connectivity index is 2.44. The summed E-state index contributed by atoms with van der Waals surface area (Å²) >= 11 is 0. The van der Waals surface area contributed by atoms with Gasteiger partial charge < -0.3 is 10.7 Å². The van der Waals surface area contributed by atoms with E-state index in [1.165, 1.54) is 12.1 Å². The summed E-state index contributed by atoms with van der Waals surface area (Å²) < 4.78 is 13.0. The lowest BCUT2D eigenvalue weighted by Gasteiger charge is -2.23. The predicted molar refractivity (Wildman–Crippen MR) is 75.2 cm³/mol. The minimum absolute atomic E-state index is 0.243. The van der Waals surface area contributed by atoms with Gasteiger partial charge in [0.15, 0.2) is 0 Å². The minimum atomic E-state index is -0.428. The van der Waals surface area contributed by atoms with E-state index in [0.29, 0.717) is 0 Å². The summed E-state index contributed by atoms with van der Waals surface area (Å²) in [6.45, 7) is 6.07. The van der Waals surface area contributed by atoms with E-state index in [2.05, 4.69) is 23.8 Å². The van der Waals surface area contributed by atoms with E-state index in [1.807, 2.05) is 6.92 Å². The summed E-state index contributed by atoms with van der Waals surface area (Å²) in [4.78, 5) is 7.89. The number of nitrogens with one attached hydrogen (secondary N) is 1. The van der Waals surface area contributed by atoms with Crippen LogP contribution in [0.25, 0.3) is 11.3 Å². The zero-order valence-electron chi connectivity index (χ0n) is 11.6. The second kappa shape index (κ2) is 5.13. The number of benzene rings is 1. The number of aryl methyl sites for hydroxylation is 1. The van der Waals surface area contributed by atoms with Crippen LogP contribution in [0.15, 0.2) is 24.3 Å². The summed E-state index contributed by atoms with van der Waals surface area (Å²) in [5, 5.41) is 0. The van der Waals surface area contributed by atoms with Gasteiger partial charge in [-0.3, -0.25) is 0 Å². The van der Waals surface area contributed by atoms with E-state index in [4.69, 9.17) is 5.73 Å². The molecule has 0 saturated heterocycles. The first-order valence-corrected chi connectivity index (χ1v) is 6.62. The molecule has 0 unspecified atom stereocenters. The number of aromatic nitrogens is 2. The molecule has 0 bridgehead atoms. The van der Waals surface area contributed by atoms with Gasteiger partial charge in [-0.1, -0.05) is 13.8 Å². The number of aromatic amines is 1. The Morgan fingerprint density at radius 3 is 2.32 bits per heavy atom. The maximum Gasteiger partial charge on any atom is 0.127 e. The summed E-state index contributed by atoms with van der Waals surface area (Å²) in [5.74, 6) is 0.557. The smallest absolute Gasteiger partial charge is 0.127 e. The molecule has 102 valence electrons. The zero-order chi connectivity index (χ0) is 14.0. The molecule has 2 rings (SSSR count). The fourth-order valence-corrected chi connectivity index (χ4v) is 2.17. The summed E-state index contributed by atoms with van der Waals surface area (Å²) in [6, 6.07) is 6.35. The lowest BCUT2D eigenvalue weighted by molar-refractivity contribution is 0.390. The standard InChI is InChI=1S/C15H20FN3/c1-4-15(17,5-2)14-18-10(3)13(19-14)11-6-8-12(16)9-7-11/h6-9H,4-5,17H2,1-3H3,(H,18,19). The molecule has 0 radical (unpaired) electrons. The van der Waals surface area contributed by atoms with Crippen LogP contribution in [0.5, 0.6) is 0 Å². The van der Waals surface area contributed by atoms with Crippen LogP contribution in [0.3, 0.4) is 0 Å². The summed E-state index contributed by atoms with van der Waals surface area (Å²) in [7, 11) is 0. The first-order valence-electron chi connectivity index (χ1n) is 6.62. The topological polar surface area (TPSA) is 54.7 Å². The molecule has 0 fully saturated rings. The highest BCUT2D eigenvalue weighted by molar-refractivity contribution is 5.62. The molecule has 0 aliphatic heterocycles. The van der Waals surface area contributed by atoms with Gasteiger partial charge in [0.2, 0.25) is 0 Å². The maximum atomic E-state index is 13.0. The number of H-pyrrole nitrogens is 1. The lowest BCUT2D eigenvalue weighted by atomic mass is 9.93. The van der Waals surface area contributed by atoms with Crippen molar-refractivity contribution in [2.24, 2.45) is 5.73 Å². The predicted octanol–water partition coefficient (Wildman–Crippen LogP) is 3.50. The van der Waals surface area contributed by atoms with Crippen molar-refractivity contribution in [3.8, 4) is 11.3 Å². The highest BCUT2D eigenvalue weighted by Crippen LogP contribution is 2.28. The fourth-order valence-electron chi connectivity index (χ4n) is 2.17. The third-order valence-corrected chi connectivity index (χ3v) is 3.74. The third-order valence-electron chi connectivity index (χ3n) is 3.74. The average Bonchev–Trinajstić information content (AvgIpc) is 2.81. The number of hydrogen-bond acceptors (Lipinski definition) is 2. The van der Waals surface area contributed by atoms with Gasteiger partial charge in [0.25, 0.3) is 0 Å². The number of nitrogens with two attached hydrogens (primary N) is 1. The van der Waals surface area contributed by atoms with E-state index < -0.39 is 5.54 Å². The Labute approximate surface area is 113 Å². The van der Waals surface area contributed by atoms with E-state index in [9.17, 15) is 4.39 Å². The molecule has 0 saturated carbocycles. The van der Waals surface area contributed by atoms with Crippen molar-refractivity contribution in [1.82, 2.24) is 9.97 Å². The van der Waals surface area contributed by atoms with Crippen molar-refractivity contribution in [2.45, 2.75) is 39.2 Å². The average molecular weight is 261 g/mol. The van der Waals surface area contributed by atoms with Gasteiger partial charge in [0.05, 0.1) is 11.2 Å². The molecule has 0 amide bonds. The molecule has 0 spiro atoms. The van der Waals surface area contributed by atoms with Crippen LogP contribution in [0.1, 0.15) is 38.2 Å². The molecule has 2 aromatic rings. The molecular formula is C15H20FN3. The molecule has 0 aliphatic rings. The van der Waals surface area contributed by atoms with Gasteiger partial charge in [0, 0.05) is 11.3 Å². The highest BCUT2D eigenvalue weighted by Gasteiger charge is 2.27. The molecule has 19 heavy (non-hydrogen) atoms. The van der Waals surface area contributed by atoms with Gasteiger partial charge in [-0.15, -0.1) is 0 Å². The number of nitrogens with zero attached hydrogens (tertiary/aromatic N) is 1. The van der Waals surface area contributed by atoms with Crippen LogP contribution in [-0.2, 0) is 5.54 Å². The third kappa shape index (κ3) is 2.54. The monoisotopic (exact) mass is 261 g/mol. The number of hydrogen-bond donors (Lipinski definition) is 2. The highest BCUT2D eigenvalue weighted by atomic mass is 19.1. The van der Waals surface area contributed by atoms with Crippen molar-refractivity contribution in [3.63, 3.8) is 0 Å². The van der Waals surface area contributed by atoms with Crippen LogP contribution in [-0.4, -0.2) is 9.97 Å². The van der Waals surface area contributed by atoms with Crippen LogP contribution in [0.4, 0.5) is 4.39 Å². The largest absolute Gasteiger partial charge is 0.344 e. The maximum absolute atomic E-state index is 13.0. The van der Waals surface area contributed by atoms with Gasteiger partial charge in [0.1, 0.15) is 11.6 Å². The van der Waals surface area contributed by atoms with Crippen LogP contribution in [0, 0.1) is 12.7 Å². The first-order chi connectivity index (χ1) is 9.00. The summed E-state index contributed by atoms with van der Waals surface area (Å²) in [5.41, 5.74) is 8.62. The van der Waals surface area contributed by atoms with Crippen LogP contribution >= 0.6 is 0 Å². The molecule has 1 aromatic carbocycles. The zero-order valence-corrected chi connectivity index (χ0v) is 11.6. The quantitative estimate of drug-likeness (QED) is 0.885. The van der Waals surface area contributed by atoms with E-state index in [0.717, 1.165) is 35.6 Å². The summed E-state index contributed by atoms with van der Waals surface area (Å²) in [6.07, 6.45) is 1.64. The Morgan fingerprint density at radius 2 is 1.79 bits per heavy atom. The molecule has 0 aliphatic carbocycles. The van der Waals surface area contributed by atoms with Crippen molar-refractivity contribution in [2.75, 3.05) is 0 Å². The van der Waals surface area contributed by atoms with Gasteiger partial charge in [-0.05, 0) is 44.0 Å². The number of rotatable bonds is 4. The van der Waals surface area contributed by atoms with Crippen molar-refractivity contribution < 1.29 is 4.39 Å². The van der Waals surface area contributed by atoms with Gasteiger partial charge in [-0.2, -0.15) is 0 Å². The molecule has 1 aromatic heterocycles. The SMILES string of the molecule is CCC(N)(CC)c1nc(-c2ccc(F)cc2)c(C)[nH]1. The lowest BCUT2D eigenvalue weighted by Crippen LogP contribution is -2.36. The second-order valence-corrected chi connectivity index (χ2v) is 4.93. The molecular weight excluding hydrogens is 241 g/mol. The molecule has 0 atom stereocenters. The van der Waals surface area contributed by atoms with E-state index >= 15 is 0 Å². The Morgan fingerprint density at radius 1 is 1.21 bits per heavy atom. The molecule has 1 heterocycles. The minimum Gasteiger partial charge on any atom is -0.344 e. The molecule has 3 N–H and O–H groups in total. The Kier molecular flexibility index (Phi) is 3.71. The van der Waals surface area contributed by atoms with E-state index in [-0.39, 0.29) is 5.82 Å². The second-order valence-electron chi connectivity index (χ2n) is 4.93. The first kappa shape index (κ1) is 13.7. The van der Waals surface area contributed by atoms with Crippen molar-refractivity contribution in [3.05, 3.63) is 41.6 Å². The van der Waals surface area contributed by atoms with Crippen molar-refractivity contribution >= 4 is 0 Å². The van der Waals surface area contributed by atoms with E-state index in [1.54, 1.807) is 12.1 Å². The van der Waals surface area contributed by atoms with Gasteiger partial charge in [-0.25, -0.2) is 9.37 Å². The van der Waals surface area contributed by atoms with Crippen LogP contribution < -0.4 is 5.73 Å². The normalized spacial score (nSPS) is 11.8. The van der Waals surface area contributed by atoms with Crippen molar-refractivity contribution in [1.29, 1.82) is 0 Å². The van der Waals surface area contributed by atoms with Crippen LogP contribution in [0.2, 0.25) is 0 Å². The Bertz CT molecular complexity index is 553. The van der Waals surface area contributed by atoms with Gasteiger partial charge >= 0.3 is 0 Å².